The van der Waals surface area contributed by atoms with E-state index in [1.54, 1.807) is 17.9 Å². The molecule has 1 heterocycles. The monoisotopic (exact) mass is 243 g/mol. The van der Waals surface area contributed by atoms with E-state index in [1.807, 2.05) is 0 Å². The lowest BCUT2D eigenvalue weighted by Crippen LogP contribution is -2.37. The van der Waals surface area contributed by atoms with Crippen molar-refractivity contribution in [2.24, 2.45) is 0 Å². The van der Waals surface area contributed by atoms with Gasteiger partial charge in [0.05, 0.1) is 25.5 Å². The summed E-state index contributed by atoms with van der Waals surface area (Å²) in [5.41, 5.74) is 0.683. The van der Waals surface area contributed by atoms with Crippen molar-refractivity contribution in [2.45, 2.75) is 6.92 Å². The Morgan fingerprint density at radius 2 is 2.12 bits per heavy atom. The zero-order valence-corrected chi connectivity index (χ0v) is 9.72. The second-order valence-electron chi connectivity index (χ2n) is 3.60. The number of hydrogen-bond donors (Lipinski definition) is 3. The number of nitrogens with zero attached hydrogens (tertiary/aromatic N) is 2. The van der Waals surface area contributed by atoms with Gasteiger partial charge in [-0.15, -0.1) is 0 Å². The van der Waals surface area contributed by atoms with Crippen molar-refractivity contribution < 1.29 is 19.5 Å². The third-order valence-corrected chi connectivity index (χ3v) is 2.09. The van der Waals surface area contributed by atoms with Crippen LogP contribution in [0.1, 0.15) is 5.69 Å². The first-order valence-corrected chi connectivity index (χ1v) is 5.33. The third kappa shape index (κ3) is 4.94. The Labute approximate surface area is 99.0 Å². The van der Waals surface area contributed by atoms with Gasteiger partial charge in [0.25, 0.3) is 0 Å². The highest BCUT2D eigenvalue weighted by atomic mass is 16.5. The zero-order valence-electron chi connectivity index (χ0n) is 9.72. The highest BCUT2D eigenvalue weighted by Crippen LogP contribution is 2.07. The van der Waals surface area contributed by atoms with E-state index in [0.717, 1.165) is 0 Å². The minimum atomic E-state index is -0.275. The quantitative estimate of drug-likeness (QED) is 0.580. The molecule has 7 heteroatoms. The van der Waals surface area contributed by atoms with Gasteiger partial charge in [-0.05, 0) is 6.92 Å². The third-order valence-electron chi connectivity index (χ3n) is 2.09. The highest BCUT2D eigenvalue weighted by Gasteiger charge is 2.11. The lowest BCUT2D eigenvalue weighted by Gasteiger charge is -2.18. The maximum atomic E-state index is 11.6. The predicted octanol–water partition coefficient (Wildman–Crippen LogP) is -0.792. The molecule has 0 aliphatic rings. The average Bonchev–Trinajstić information content (AvgIpc) is 2.64. The number of hydrogen-bond acceptors (Lipinski definition) is 6. The molecule has 0 spiro atoms. The molecule has 0 atom stereocenters. The van der Waals surface area contributed by atoms with E-state index in [1.165, 1.54) is 0 Å². The van der Waals surface area contributed by atoms with Crippen LogP contribution in [0.15, 0.2) is 10.6 Å². The van der Waals surface area contributed by atoms with Gasteiger partial charge in [0.1, 0.15) is 0 Å². The van der Waals surface area contributed by atoms with Crippen LogP contribution < -0.4 is 5.32 Å². The molecule has 1 amide bonds. The maximum absolute atomic E-state index is 11.6. The van der Waals surface area contributed by atoms with E-state index in [9.17, 15) is 4.79 Å². The van der Waals surface area contributed by atoms with Crippen LogP contribution in [-0.4, -0.2) is 59.0 Å². The van der Waals surface area contributed by atoms with Gasteiger partial charge in [0.2, 0.25) is 11.8 Å². The summed E-state index contributed by atoms with van der Waals surface area (Å²) < 4.78 is 4.84. The molecule has 0 bridgehead atoms. The van der Waals surface area contributed by atoms with Crippen molar-refractivity contribution >= 4 is 11.8 Å². The first-order chi connectivity index (χ1) is 8.15. The standard InChI is InChI=1S/C10H17N3O4/c1-8-6-10(17-12-8)11-9(16)7-13(2-4-14)3-5-15/h6,14-15H,2-5,7H2,1H3,(H,11,16). The minimum Gasteiger partial charge on any atom is -0.395 e. The highest BCUT2D eigenvalue weighted by molar-refractivity contribution is 5.90. The summed E-state index contributed by atoms with van der Waals surface area (Å²) in [6, 6.07) is 1.61. The molecule has 17 heavy (non-hydrogen) atoms. The van der Waals surface area contributed by atoms with Crippen LogP contribution in [-0.2, 0) is 4.79 Å². The number of aliphatic hydroxyl groups excluding tert-OH is 2. The molecule has 1 aromatic rings. The molecule has 0 radical (unpaired) electrons. The van der Waals surface area contributed by atoms with Gasteiger partial charge in [-0.1, -0.05) is 5.16 Å². The second kappa shape index (κ2) is 7.00. The Morgan fingerprint density at radius 3 is 2.59 bits per heavy atom. The number of aliphatic hydroxyl groups is 2. The number of rotatable bonds is 7. The van der Waals surface area contributed by atoms with Crippen LogP contribution in [0.3, 0.4) is 0 Å². The van der Waals surface area contributed by atoms with Crippen LogP contribution in [0.5, 0.6) is 0 Å². The summed E-state index contributed by atoms with van der Waals surface area (Å²) in [4.78, 5) is 13.2. The Bertz CT molecular complexity index is 347. The van der Waals surface area contributed by atoms with Crippen LogP contribution in [0.2, 0.25) is 0 Å². The molecule has 1 rings (SSSR count). The second-order valence-corrected chi connectivity index (χ2v) is 3.60. The summed E-state index contributed by atoms with van der Waals surface area (Å²) >= 11 is 0. The molecule has 7 nitrogen and oxygen atoms in total. The van der Waals surface area contributed by atoms with Gasteiger partial charge in [0.15, 0.2) is 0 Å². The molecule has 0 saturated heterocycles. The minimum absolute atomic E-state index is 0.0608. The van der Waals surface area contributed by atoms with Crippen LogP contribution in [0.25, 0.3) is 0 Å². The maximum Gasteiger partial charge on any atom is 0.240 e. The fraction of sp³-hybridized carbons (Fsp3) is 0.600. The van der Waals surface area contributed by atoms with E-state index >= 15 is 0 Å². The first kappa shape index (κ1) is 13.6. The van der Waals surface area contributed by atoms with Crippen LogP contribution in [0, 0.1) is 6.92 Å². The number of aromatic nitrogens is 1. The summed E-state index contributed by atoms with van der Waals surface area (Å²) in [5, 5.41) is 23.7. The van der Waals surface area contributed by atoms with Gasteiger partial charge in [-0.25, -0.2) is 0 Å². The molecule has 3 N–H and O–H groups in total. The van der Waals surface area contributed by atoms with Gasteiger partial charge in [-0.3, -0.25) is 15.0 Å². The van der Waals surface area contributed by atoms with E-state index in [4.69, 9.17) is 14.7 Å². The van der Waals surface area contributed by atoms with Gasteiger partial charge >= 0.3 is 0 Å². The van der Waals surface area contributed by atoms with Gasteiger partial charge < -0.3 is 14.7 Å². The Kier molecular flexibility index (Phi) is 5.61. The van der Waals surface area contributed by atoms with Crippen molar-refractivity contribution in [2.75, 3.05) is 38.2 Å². The zero-order chi connectivity index (χ0) is 12.7. The van der Waals surface area contributed by atoms with Crippen molar-refractivity contribution in [3.8, 4) is 0 Å². The molecule has 0 aliphatic heterocycles. The number of aryl methyl sites for hydroxylation is 1. The normalized spacial score (nSPS) is 10.8. The van der Waals surface area contributed by atoms with E-state index in [-0.39, 0.29) is 25.7 Å². The average molecular weight is 243 g/mol. The summed E-state index contributed by atoms with van der Waals surface area (Å²) in [5.74, 6) is 0.0171. The summed E-state index contributed by atoms with van der Waals surface area (Å²) in [6.07, 6.45) is 0. The Hall–Kier alpha value is -1.44. The molecule has 96 valence electrons. The Balaban J connectivity index is 2.41. The Morgan fingerprint density at radius 1 is 1.47 bits per heavy atom. The van der Waals surface area contributed by atoms with Crippen LogP contribution >= 0.6 is 0 Å². The molecule has 1 aromatic heterocycles. The van der Waals surface area contributed by atoms with Gasteiger partial charge in [0, 0.05) is 19.2 Å². The van der Waals surface area contributed by atoms with Crippen molar-refractivity contribution in [3.05, 3.63) is 11.8 Å². The predicted molar refractivity (Wildman–Crippen MR) is 60.5 cm³/mol. The fourth-order valence-corrected chi connectivity index (χ4v) is 1.36. The fourth-order valence-electron chi connectivity index (χ4n) is 1.36. The summed E-state index contributed by atoms with van der Waals surface area (Å²) in [7, 11) is 0. The SMILES string of the molecule is Cc1cc(NC(=O)CN(CCO)CCO)on1. The van der Waals surface area contributed by atoms with Crippen molar-refractivity contribution in [3.63, 3.8) is 0 Å². The molecule has 0 aliphatic carbocycles. The number of carbonyl (C=O) groups is 1. The lowest BCUT2D eigenvalue weighted by molar-refractivity contribution is -0.117. The number of amides is 1. The topological polar surface area (TPSA) is 98.8 Å². The van der Waals surface area contributed by atoms with Crippen molar-refractivity contribution in [1.82, 2.24) is 10.1 Å². The lowest BCUT2D eigenvalue weighted by atomic mass is 10.4. The molecular formula is C10H17N3O4. The molecular weight excluding hydrogens is 226 g/mol. The number of carbonyl (C=O) groups excluding carboxylic acids is 1. The smallest absolute Gasteiger partial charge is 0.240 e. The van der Waals surface area contributed by atoms with E-state index in [0.29, 0.717) is 24.7 Å². The number of nitrogens with one attached hydrogen (secondary N) is 1. The van der Waals surface area contributed by atoms with E-state index < -0.39 is 0 Å². The van der Waals surface area contributed by atoms with Crippen molar-refractivity contribution in [1.29, 1.82) is 0 Å². The molecule has 0 fully saturated rings. The molecule has 0 unspecified atom stereocenters. The molecule has 0 aromatic carbocycles. The van der Waals surface area contributed by atoms with Crippen LogP contribution in [0.4, 0.5) is 5.88 Å². The van der Waals surface area contributed by atoms with E-state index in [2.05, 4.69) is 10.5 Å². The number of anilines is 1. The molecule has 0 saturated carbocycles. The summed E-state index contributed by atoms with van der Waals surface area (Å²) in [6.45, 7) is 2.39. The largest absolute Gasteiger partial charge is 0.395 e. The first-order valence-electron chi connectivity index (χ1n) is 5.33. The van der Waals surface area contributed by atoms with Gasteiger partial charge in [-0.2, -0.15) is 0 Å².